The molecule has 0 atom stereocenters. The van der Waals surface area contributed by atoms with Crippen molar-refractivity contribution in [1.29, 1.82) is 0 Å². The molecule has 0 unspecified atom stereocenters. The summed E-state index contributed by atoms with van der Waals surface area (Å²) < 4.78 is 4.74. The van der Waals surface area contributed by atoms with Gasteiger partial charge in [0.2, 0.25) is 0 Å². The van der Waals surface area contributed by atoms with Crippen LogP contribution in [0.5, 0.6) is 0 Å². The monoisotopic (exact) mass is 200 g/mol. The first kappa shape index (κ1) is 13.5. The van der Waals surface area contributed by atoms with Crippen LogP contribution in [0.2, 0.25) is 0 Å². The highest BCUT2D eigenvalue weighted by Crippen LogP contribution is 2.19. The Balaban J connectivity index is 3.54. The van der Waals surface area contributed by atoms with E-state index in [0.717, 1.165) is 12.3 Å². The zero-order valence-corrected chi connectivity index (χ0v) is 9.63. The molecule has 0 aromatic carbocycles. The fourth-order valence-electron chi connectivity index (χ4n) is 1.70. The van der Waals surface area contributed by atoms with E-state index in [9.17, 15) is 4.79 Å². The molecule has 0 aromatic heterocycles. The van der Waals surface area contributed by atoms with Crippen molar-refractivity contribution in [2.75, 3.05) is 6.61 Å². The van der Waals surface area contributed by atoms with Gasteiger partial charge in [0, 0.05) is 0 Å². The van der Waals surface area contributed by atoms with Crippen LogP contribution in [-0.2, 0) is 9.53 Å². The van der Waals surface area contributed by atoms with Crippen molar-refractivity contribution in [1.82, 2.24) is 0 Å². The van der Waals surface area contributed by atoms with Crippen LogP contribution in [0, 0.1) is 5.92 Å². The number of hydrogen-bond acceptors (Lipinski definition) is 2. The highest BCUT2D eigenvalue weighted by atomic mass is 16.5. The van der Waals surface area contributed by atoms with Crippen molar-refractivity contribution in [3.63, 3.8) is 0 Å². The molecule has 0 aliphatic heterocycles. The Labute approximate surface area is 88.0 Å². The average Bonchev–Trinajstić information content (AvgIpc) is 2.21. The van der Waals surface area contributed by atoms with Gasteiger partial charge < -0.3 is 4.74 Å². The summed E-state index contributed by atoms with van der Waals surface area (Å²) in [5.74, 6) is 0.759. The van der Waals surface area contributed by atoms with E-state index in [-0.39, 0.29) is 0 Å². The van der Waals surface area contributed by atoms with Gasteiger partial charge in [-0.25, -0.2) is 0 Å². The lowest BCUT2D eigenvalue weighted by Gasteiger charge is -2.15. The van der Waals surface area contributed by atoms with Crippen LogP contribution in [-0.4, -0.2) is 13.1 Å². The van der Waals surface area contributed by atoms with Gasteiger partial charge in [0.25, 0.3) is 6.47 Å². The molecule has 0 heterocycles. The lowest BCUT2D eigenvalue weighted by atomic mass is 9.93. The molecule has 2 nitrogen and oxygen atoms in total. The van der Waals surface area contributed by atoms with Gasteiger partial charge in [0.1, 0.15) is 0 Å². The molecule has 14 heavy (non-hydrogen) atoms. The first-order chi connectivity index (χ1) is 6.85. The third-order valence-corrected chi connectivity index (χ3v) is 2.64. The zero-order chi connectivity index (χ0) is 10.6. The van der Waals surface area contributed by atoms with Crippen molar-refractivity contribution < 1.29 is 9.53 Å². The summed E-state index contributed by atoms with van der Waals surface area (Å²) in [6.45, 7) is 5.59. The van der Waals surface area contributed by atoms with Gasteiger partial charge >= 0.3 is 0 Å². The highest BCUT2D eigenvalue weighted by molar-refractivity contribution is 5.36. The normalized spacial score (nSPS) is 10.5. The zero-order valence-electron chi connectivity index (χ0n) is 9.63. The van der Waals surface area contributed by atoms with Gasteiger partial charge in [-0.15, -0.1) is 0 Å². The first-order valence-corrected chi connectivity index (χ1v) is 5.90. The highest BCUT2D eigenvalue weighted by Gasteiger charge is 2.07. The molecule has 0 aromatic rings. The second-order valence-electron chi connectivity index (χ2n) is 3.91. The van der Waals surface area contributed by atoms with E-state index < -0.39 is 0 Å². The molecular weight excluding hydrogens is 176 g/mol. The van der Waals surface area contributed by atoms with Gasteiger partial charge in [0.15, 0.2) is 0 Å². The summed E-state index contributed by atoms with van der Waals surface area (Å²) in [6.07, 6.45) is 8.75. The second-order valence-corrected chi connectivity index (χ2v) is 3.91. The summed E-state index contributed by atoms with van der Waals surface area (Å²) in [6, 6.07) is 0. The molecule has 0 N–H and O–H groups in total. The van der Waals surface area contributed by atoms with Crippen molar-refractivity contribution in [3.05, 3.63) is 0 Å². The van der Waals surface area contributed by atoms with E-state index in [4.69, 9.17) is 4.74 Å². The molecule has 0 radical (unpaired) electrons. The lowest BCUT2D eigenvalue weighted by Crippen LogP contribution is -2.05. The maximum absolute atomic E-state index is 9.99. The number of hydrogen-bond donors (Lipinski definition) is 0. The summed E-state index contributed by atoms with van der Waals surface area (Å²) >= 11 is 0. The van der Waals surface area contributed by atoms with Gasteiger partial charge in [0.05, 0.1) is 6.61 Å². The fourth-order valence-corrected chi connectivity index (χ4v) is 1.70. The Kier molecular flexibility index (Phi) is 10.2. The number of ether oxygens (including phenoxy) is 1. The molecule has 0 aliphatic carbocycles. The smallest absolute Gasteiger partial charge is 0.293 e. The maximum Gasteiger partial charge on any atom is 0.293 e. The Morgan fingerprint density at radius 2 is 1.64 bits per heavy atom. The lowest BCUT2D eigenvalue weighted by molar-refractivity contribution is -0.129. The van der Waals surface area contributed by atoms with Gasteiger partial charge in [-0.2, -0.15) is 0 Å². The Hall–Kier alpha value is -0.530. The largest absolute Gasteiger partial charge is 0.468 e. The van der Waals surface area contributed by atoms with Gasteiger partial charge in [-0.1, -0.05) is 52.4 Å². The molecule has 0 aliphatic rings. The van der Waals surface area contributed by atoms with Crippen LogP contribution in [0.4, 0.5) is 0 Å². The van der Waals surface area contributed by atoms with Crippen molar-refractivity contribution >= 4 is 6.47 Å². The molecule has 0 amide bonds. The van der Waals surface area contributed by atoms with Crippen LogP contribution in [0.25, 0.3) is 0 Å². The quantitative estimate of drug-likeness (QED) is 0.398. The predicted molar refractivity (Wildman–Crippen MR) is 59.2 cm³/mol. The van der Waals surface area contributed by atoms with E-state index in [2.05, 4.69) is 13.8 Å². The standard InChI is InChI=1S/C12H24O2/c1-3-5-7-12(8-6-4-2)9-10-14-11-13/h11-12H,3-10H2,1-2H3. The predicted octanol–water partition coefficient (Wildman–Crippen LogP) is 3.55. The van der Waals surface area contributed by atoms with E-state index in [1.54, 1.807) is 0 Å². The van der Waals surface area contributed by atoms with Gasteiger partial charge in [-0.05, 0) is 12.3 Å². The van der Waals surface area contributed by atoms with E-state index in [1.165, 1.54) is 38.5 Å². The summed E-state index contributed by atoms with van der Waals surface area (Å²) in [4.78, 5) is 9.99. The van der Waals surface area contributed by atoms with Crippen molar-refractivity contribution in [2.24, 2.45) is 5.92 Å². The molecule has 0 spiro atoms. The van der Waals surface area contributed by atoms with Gasteiger partial charge in [-0.3, -0.25) is 4.79 Å². The number of rotatable bonds is 10. The Morgan fingerprint density at radius 1 is 1.07 bits per heavy atom. The Bertz CT molecular complexity index is 115. The molecule has 0 fully saturated rings. The molecule has 0 rings (SSSR count). The third-order valence-electron chi connectivity index (χ3n) is 2.64. The third kappa shape index (κ3) is 8.09. The number of carbonyl (C=O) groups excluding carboxylic acids is 1. The van der Waals surface area contributed by atoms with Crippen LogP contribution in [0.1, 0.15) is 58.8 Å². The first-order valence-electron chi connectivity index (χ1n) is 5.90. The molecule has 2 heteroatoms. The number of unbranched alkanes of at least 4 members (excludes halogenated alkanes) is 2. The van der Waals surface area contributed by atoms with Crippen LogP contribution in [0.15, 0.2) is 0 Å². The van der Waals surface area contributed by atoms with E-state index in [0.29, 0.717) is 13.1 Å². The maximum atomic E-state index is 9.99. The molecule has 84 valence electrons. The minimum Gasteiger partial charge on any atom is -0.468 e. The van der Waals surface area contributed by atoms with Crippen LogP contribution < -0.4 is 0 Å². The Morgan fingerprint density at radius 3 is 2.07 bits per heavy atom. The minimum atomic E-state index is 0.552. The van der Waals surface area contributed by atoms with Crippen molar-refractivity contribution in [2.45, 2.75) is 58.8 Å². The van der Waals surface area contributed by atoms with Crippen molar-refractivity contribution in [3.8, 4) is 0 Å². The summed E-state index contributed by atoms with van der Waals surface area (Å²) in [5.41, 5.74) is 0. The second kappa shape index (κ2) is 10.6. The van der Waals surface area contributed by atoms with E-state index in [1.807, 2.05) is 0 Å². The van der Waals surface area contributed by atoms with Crippen LogP contribution in [0.3, 0.4) is 0 Å². The number of carbonyl (C=O) groups is 1. The molecule has 0 bridgehead atoms. The molecular formula is C12H24O2. The topological polar surface area (TPSA) is 26.3 Å². The minimum absolute atomic E-state index is 0.552. The average molecular weight is 200 g/mol. The summed E-state index contributed by atoms with van der Waals surface area (Å²) in [7, 11) is 0. The molecule has 0 saturated heterocycles. The van der Waals surface area contributed by atoms with E-state index >= 15 is 0 Å². The SMILES string of the molecule is CCCCC(CCCC)CCOC=O. The molecule has 0 saturated carbocycles. The fraction of sp³-hybridized carbons (Fsp3) is 0.917. The summed E-state index contributed by atoms with van der Waals surface area (Å²) in [5, 5.41) is 0. The van der Waals surface area contributed by atoms with Crippen LogP contribution >= 0.6 is 0 Å².